The van der Waals surface area contributed by atoms with Gasteiger partial charge in [-0.05, 0) is 68.1 Å². The van der Waals surface area contributed by atoms with E-state index < -0.39 is 0 Å². The molecule has 1 atom stereocenters. The lowest BCUT2D eigenvalue weighted by molar-refractivity contribution is 0.669. The van der Waals surface area contributed by atoms with Gasteiger partial charge in [0, 0.05) is 27.5 Å². The van der Waals surface area contributed by atoms with Crippen LogP contribution >= 0.6 is 0 Å². The second-order valence-corrected chi connectivity index (χ2v) is 13.0. The van der Waals surface area contributed by atoms with Gasteiger partial charge < -0.3 is 9.73 Å². The Morgan fingerprint density at radius 2 is 1.12 bits per heavy atom. The Hall–Kier alpha value is -6.78. The van der Waals surface area contributed by atoms with Gasteiger partial charge in [-0.3, -0.25) is 0 Å². The summed E-state index contributed by atoms with van der Waals surface area (Å²) in [7, 11) is 0. The van der Waals surface area contributed by atoms with E-state index >= 15 is 0 Å². The molecule has 2 heterocycles. The lowest BCUT2D eigenvalue weighted by Crippen LogP contribution is -2.33. The predicted octanol–water partition coefficient (Wildman–Crippen LogP) is 11.7. The van der Waals surface area contributed by atoms with Crippen LogP contribution in [-0.2, 0) is 0 Å². The van der Waals surface area contributed by atoms with Gasteiger partial charge in [0.1, 0.15) is 23.2 Å². The van der Waals surface area contributed by atoms with Crippen LogP contribution in [0.15, 0.2) is 190 Å². The van der Waals surface area contributed by atoms with E-state index in [0.29, 0.717) is 5.84 Å². The molecular formula is C47H31N3O. The number of benzene rings is 8. The Balaban J connectivity index is 1.13. The fourth-order valence-corrected chi connectivity index (χ4v) is 7.35. The van der Waals surface area contributed by atoms with Gasteiger partial charge in [-0.25, -0.2) is 9.98 Å². The van der Waals surface area contributed by atoms with Crippen molar-refractivity contribution in [2.75, 3.05) is 0 Å². The molecule has 0 radical (unpaired) electrons. The molecule has 1 aromatic heterocycles. The van der Waals surface area contributed by atoms with Crippen LogP contribution in [0.5, 0.6) is 0 Å². The number of hydrogen-bond donors (Lipinski definition) is 1. The molecular weight excluding hydrogens is 623 g/mol. The summed E-state index contributed by atoms with van der Waals surface area (Å²) in [5, 5.41) is 10.5. The summed E-state index contributed by atoms with van der Waals surface area (Å²) < 4.78 is 6.61. The summed E-state index contributed by atoms with van der Waals surface area (Å²) in [5.41, 5.74) is 9.27. The summed E-state index contributed by atoms with van der Waals surface area (Å²) in [6.45, 7) is 0. The van der Waals surface area contributed by atoms with Gasteiger partial charge in [-0.2, -0.15) is 0 Å². The monoisotopic (exact) mass is 653 g/mol. The molecule has 0 bridgehead atoms. The molecule has 1 aliphatic rings. The Morgan fingerprint density at radius 1 is 0.471 bits per heavy atom. The Bertz CT molecular complexity index is 2830. The molecule has 0 saturated heterocycles. The topological polar surface area (TPSA) is 49.9 Å². The fourth-order valence-electron chi connectivity index (χ4n) is 7.35. The molecule has 9 aromatic rings. The molecule has 0 aliphatic carbocycles. The van der Waals surface area contributed by atoms with Crippen LogP contribution < -0.4 is 5.32 Å². The summed E-state index contributed by atoms with van der Waals surface area (Å²) in [4.78, 5) is 10.6. The van der Waals surface area contributed by atoms with Crippen molar-refractivity contribution in [3.63, 3.8) is 0 Å². The molecule has 10 rings (SSSR count). The molecule has 8 aromatic carbocycles. The van der Waals surface area contributed by atoms with Crippen molar-refractivity contribution in [3.05, 3.63) is 193 Å². The molecule has 4 heteroatoms. The lowest BCUT2D eigenvalue weighted by Gasteiger charge is -2.24. The number of amidine groups is 2. The highest BCUT2D eigenvalue weighted by Gasteiger charge is 2.24. The maximum absolute atomic E-state index is 6.61. The second-order valence-electron chi connectivity index (χ2n) is 13.0. The normalized spacial score (nSPS) is 14.5. The number of hydrogen-bond acceptors (Lipinski definition) is 4. The maximum atomic E-state index is 6.61. The van der Waals surface area contributed by atoms with Crippen molar-refractivity contribution < 1.29 is 4.42 Å². The number of nitrogens with zero attached hydrogens (tertiary/aromatic N) is 2. The number of para-hydroxylation sites is 1. The average molecular weight is 654 g/mol. The van der Waals surface area contributed by atoms with Gasteiger partial charge in [0.25, 0.3) is 0 Å². The first-order valence-corrected chi connectivity index (χ1v) is 17.3. The zero-order valence-electron chi connectivity index (χ0n) is 27.6. The quantitative estimate of drug-likeness (QED) is 0.201. The summed E-state index contributed by atoms with van der Waals surface area (Å²) in [6.07, 6.45) is -0.346. The smallest absolute Gasteiger partial charge is 0.160 e. The van der Waals surface area contributed by atoms with E-state index in [9.17, 15) is 0 Å². The fraction of sp³-hybridized carbons (Fsp3) is 0.0213. The van der Waals surface area contributed by atoms with Crippen molar-refractivity contribution in [2.45, 2.75) is 6.17 Å². The van der Waals surface area contributed by atoms with Crippen LogP contribution in [0.2, 0.25) is 0 Å². The van der Waals surface area contributed by atoms with E-state index in [1.165, 1.54) is 27.3 Å². The largest absolute Gasteiger partial charge is 0.455 e. The van der Waals surface area contributed by atoms with Gasteiger partial charge >= 0.3 is 0 Å². The summed E-state index contributed by atoms with van der Waals surface area (Å²) >= 11 is 0. The van der Waals surface area contributed by atoms with E-state index in [0.717, 1.165) is 61.0 Å². The summed E-state index contributed by atoms with van der Waals surface area (Å²) in [6, 6.07) is 61.7. The standard InChI is InChI=1S/C47H31N3O/c1-3-11-30(12-4-1)34-22-23-36-29-38(26-24-35(36)27-34)46-48-45(37-25-21-31-13-7-8-16-33(31)28-37)49-47(50-46)41-19-10-20-42-43(41)40-18-9-17-39(44(40)51-42)32-14-5-2-6-15-32/h1-29,45H,(H,48,49,50). The zero-order valence-corrected chi connectivity index (χ0v) is 27.6. The molecule has 1 N–H and O–H groups in total. The molecule has 0 saturated carbocycles. The average Bonchev–Trinajstić information content (AvgIpc) is 3.60. The number of fused-ring (bicyclic) bond motifs is 5. The van der Waals surface area contributed by atoms with Crippen LogP contribution in [-0.4, -0.2) is 11.7 Å². The van der Waals surface area contributed by atoms with Gasteiger partial charge in [0.15, 0.2) is 5.84 Å². The highest BCUT2D eigenvalue weighted by Crippen LogP contribution is 2.38. The molecule has 0 amide bonds. The maximum Gasteiger partial charge on any atom is 0.160 e. The Labute approximate surface area is 295 Å². The minimum Gasteiger partial charge on any atom is -0.455 e. The molecule has 0 fully saturated rings. The first kappa shape index (κ1) is 29.2. The highest BCUT2D eigenvalue weighted by molar-refractivity contribution is 6.23. The third-order valence-electron chi connectivity index (χ3n) is 9.90. The van der Waals surface area contributed by atoms with Gasteiger partial charge in [0.05, 0.1) is 0 Å². The first-order chi connectivity index (χ1) is 25.2. The minimum atomic E-state index is -0.346. The zero-order chi connectivity index (χ0) is 33.7. The lowest BCUT2D eigenvalue weighted by atomic mass is 9.99. The SMILES string of the molecule is c1ccc(-c2ccc3cc(C4=NC(c5cccc6oc7c(-c8ccccc8)cccc7c56)=NC(c5ccc6ccccc6c5)N4)ccc3c2)cc1. The number of furan rings is 1. The van der Waals surface area contributed by atoms with Crippen molar-refractivity contribution in [3.8, 4) is 22.3 Å². The summed E-state index contributed by atoms with van der Waals surface area (Å²) in [5.74, 6) is 1.45. The van der Waals surface area contributed by atoms with E-state index in [2.05, 4.69) is 163 Å². The van der Waals surface area contributed by atoms with Gasteiger partial charge in [-0.15, -0.1) is 0 Å². The van der Waals surface area contributed by atoms with Crippen molar-refractivity contribution in [2.24, 2.45) is 9.98 Å². The van der Waals surface area contributed by atoms with E-state index in [1.54, 1.807) is 0 Å². The molecule has 1 unspecified atom stereocenters. The first-order valence-electron chi connectivity index (χ1n) is 17.3. The van der Waals surface area contributed by atoms with Crippen LogP contribution in [0, 0.1) is 0 Å². The van der Waals surface area contributed by atoms with Gasteiger partial charge in [-0.1, -0.05) is 152 Å². The predicted molar refractivity (Wildman–Crippen MR) is 211 cm³/mol. The van der Waals surface area contributed by atoms with Crippen molar-refractivity contribution in [1.82, 2.24) is 5.32 Å². The molecule has 240 valence electrons. The Kier molecular flexibility index (Phi) is 6.85. The molecule has 1 aliphatic heterocycles. The van der Waals surface area contributed by atoms with E-state index in [-0.39, 0.29) is 6.17 Å². The van der Waals surface area contributed by atoms with Crippen molar-refractivity contribution in [1.29, 1.82) is 0 Å². The van der Waals surface area contributed by atoms with Gasteiger partial charge in [0.2, 0.25) is 0 Å². The van der Waals surface area contributed by atoms with Crippen LogP contribution in [0.1, 0.15) is 22.9 Å². The third-order valence-corrected chi connectivity index (χ3v) is 9.90. The minimum absolute atomic E-state index is 0.346. The van der Waals surface area contributed by atoms with Crippen LogP contribution in [0.25, 0.3) is 65.7 Å². The number of aliphatic imine (C=N–C) groups is 2. The number of nitrogens with one attached hydrogen (secondary N) is 1. The van der Waals surface area contributed by atoms with Crippen LogP contribution in [0.4, 0.5) is 0 Å². The number of rotatable bonds is 5. The van der Waals surface area contributed by atoms with Crippen LogP contribution in [0.3, 0.4) is 0 Å². The van der Waals surface area contributed by atoms with Crippen molar-refractivity contribution >= 4 is 55.2 Å². The highest BCUT2D eigenvalue weighted by atomic mass is 16.3. The third kappa shape index (κ3) is 5.17. The second kappa shape index (κ2) is 12.0. The Morgan fingerprint density at radius 3 is 1.94 bits per heavy atom. The molecule has 51 heavy (non-hydrogen) atoms. The van der Waals surface area contributed by atoms with E-state index in [1.807, 2.05) is 18.2 Å². The molecule has 0 spiro atoms. The van der Waals surface area contributed by atoms with E-state index in [4.69, 9.17) is 14.4 Å². The molecule has 4 nitrogen and oxygen atoms in total.